The molecule has 0 bridgehead atoms. The number of carbonyl (C=O) groups is 2. The molecule has 0 radical (unpaired) electrons. The van der Waals surface area contributed by atoms with Gasteiger partial charge in [-0.1, -0.05) is 56.6 Å². The monoisotopic (exact) mass is 487 g/mol. The van der Waals surface area contributed by atoms with Gasteiger partial charge in [0.2, 0.25) is 5.91 Å². The van der Waals surface area contributed by atoms with E-state index < -0.39 is 12.2 Å². The molecule has 4 atom stereocenters. The molecule has 1 fully saturated rings. The van der Waals surface area contributed by atoms with Crippen LogP contribution >= 0.6 is 0 Å². The number of aromatic hydroxyl groups is 2. The van der Waals surface area contributed by atoms with Crippen LogP contribution in [0.1, 0.15) is 70.3 Å². The number of aliphatic hydroxyl groups excluding tert-OH is 2. The van der Waals surface area contributed by atoms with Crippen molar-refractivity contribution in [1.82, 2.24) is 5.32 Å². The number of benzene rings is 1. The summed E-state index contributed by atoms with van der Waals surface area (Å²) in [5, 5.41) is 42.1. The van der Waals surface area contributed by atoms with E-state index in [1.807, 2.05) is 12.2 Å². The lowest BCUT2D eigenvalue weighted by Gasteiger charge is -2.17. The fourth-order valence-electron chi connectivity index (χ4n) is 4.38. The van der Waals surface area contributed by atoms with Crippen molar-refractivity contribution in [3.05, 3.63) is 48.1 Å². The summed E-state index contributed by atoms with van der Waals surface area (Å²) < 4.78 is 0. The number of phenolic OH excluding ortho intramolecular Hbond substituents is 2. The van der Waals surface area contributed by atoms with Crippen molar-refractivity contribution in [2.45, 2.75) is 83.3 Å². The molecule has 1 saturated carbocycles. The number of hydrogen-bond acceptors (Lipinski definition) is 6. The first-order valence-corrected chi connectivity index (χ1v) is 12.8. The molecule has 1 aromatic carbocycles. The molecule has 0 aromatic heterocycles. The van der Waals surface area contributed by atoms with E-state index in [-0.39, 0.29) is 41.4 Å². The van der Waals surface area contributed by atoms with Crippen LogP contribution in [-0.2, 0) is 16.0 Å². The van der Waals surface area contributed by atoms with Gasteiger partial charge in [0, 0.05) is 31.2 Å². The summed E-state index contributed by atoms with van der Waals surface area (Å²) in [7, 11) is 0. The summed E-state index contributed by atoms with van der Waals surface area (Å²) in [4.78, 5) is 24.3. The molecule has 1 aliphatic carbocycles. The lowest BCUT2D eigenvalue weighted by Crippen LogP contribution is -2.25. The lowest BCUT2D eigenvalue weighted by molar-refractivity contribution is -0.121. The van der Waals surface area contributed by atoms with Crippen LogP contribution in [0.15, 0.2) is 42.5 Å². The Bertz CT molecular complexity index is 865. The van der Waals surface area contributed by atoms with Crippen LogP contribution in [0, 0.1) is 11.8 Å². The number of carbonyl (C=O) groups excluding carboxylic acids is 2. The maximum absolute atomic E-state index is 12.3. The molecular formula is C28H41NO6. The Morgan fingerprint density at radius 3 is 2.71 bits per heavy atom. The number of rotatable bonds is 15. The minimum atomic E-state index is -0.666. The average molecular weight is 488 g/mol. The van der Waals surface area contributed by atoms with Gasteiger partial charge in [-0.2, -0.15) is 0 Å². The maximum atomic E-state index is 12.3. The maximum Gasteiger partial charge on any atom is 0.220 e. The first kappa shape index (κ1) is 28.6. The fourth-order valence-corrected chi connectivity index (χ4v) is 4.38. The summed E-state index contributed by atoms with van der Waals surface area (Å²) in [6, 6.07) is 4.62. The van der Waals surface area contributed by atoms with Crippen LogP contribution in [-0.4, -0.2) is 50.9 Å². The summed E-state index contributed by atoms with van der Waals surface area (Å²) >= 11 is 0. The molecular weight excluding hydrogens is 446 g/mol. The molecule has 0 saturated heterocycles. The van der Waals surface area contributed by atoms with E-state index in [2.05, 4.69) is 12.2 Å². The summed E-state index contributed by atoms with van der Waals surface area (Å²) in [5.74, 6) is -0.897. The lowest BCUT2D eigenvalue weighted by atomic mass is 9.90. The number of unbranched alkanes of at least 4 members (excludes halogenated alkanes) is 3. The van der Waals surface area contributed by atoms with Gasteiger partial charge in [0.25, 0.3) is 0 Å². The standard InChI is InChI=1S/C28H41NO6/c1-2-3-6-9-21(30)13-14-23-22(25(32)19-26(23)33)10-7-4-5-8-11-28(35)29-17-16-20-12-15-24(31)27(34)18-20/h4,7,12-15,18,21-23,25,30-32,34H,2-3,5-6,8-11,16-17,19H2,1H3,(H,29,35)/b7-4-,14-13+/t21-,22+,23+,25-/m0/s1. The van der Waals surface area contributed by atoms with Gasteiger partial charge >= 0.3 is 0 Å². The normalized spacial score (nSPS) is 21.2. The number of Topliss-reactive ketones (excluding diaryl/α,β-unsaturated/α-hetero) is 1. The Labute approximate surface area is 208 Å². The van der Waals surface area contributed by atoms with Crippen LogP contribution in [0.25, 0.3) is 0 Å². The van der Waals surface area contributed by atoms with Crippen LogP contribution in [0.3, 0.4) is 0 Å². The van der Waals surface area contributed by atoms with Crippen LogP contribution in [0.4, 0.5) is 0 Å². The predicted octanol–water partition coefficient (Wildman–Crippen LogP) is 3.94. The minimum Gasteiger partial charge on any atom is -0.504 e. The molecule has 1 aliphatic rings. The Balaban J connectivity index is 1.66. The molecule has 35 heavy (non-hydrogen) atoms. The molecule has 194 valence electrons. The number of phenols is 2. The van der Waals surface area contributed by atoms with Crippen molar-refractivity contribution in [3.63, 3.8) is 0 Å². The van der Waals surface area contributed by atoms with E-state index in [1.54, 1.807) is 18.2 Å². The highest BCUT2D eigenvalue weighted by Gasteiger charge is 2.39. The van der Waals surface area contributed by atoms with Gasteiger partial charge in [0.1, 0.15) is 5.78 Å². The second-order valence-electron chi connectivity index (χ2n) is 9.40. The number of allylic oxidation sites excluding steroid dienone is 3. The highest BCUT2D eigenvalue weighted by molar-refractivity contribution is 5.86. The van der Waals surface area contributed by atoms with E-state index in [1.165, 1.54) is 12.1 Å². The summed E-state index contributed by atoms with van der Waals surface area (Å²) in [6.45, 7) is 2.57. The van der Waals surface area contributed by atoms with Crippen LogP contribution < -0.4 is 5.32 Å². The van der Waals surface area contributed by atoms with Gasteiger partial charge in [-0.25, -0.2) is 0 Å². The molecule has 2 rings (SSSR count). The predicted molar refractivity (Wildman–Crippen MR) is 136 cm³/mol. The number of nitrogens with one attached hydrogen (secondary N) is 1. The molecule has 1 aromatic rings. The van der Waals surface area contributed by atoms with Crippen molar-refractivity contribution < 1.29 is 30.0 Å². The van der Waals surface area contributed by atoms with E-state index in [0.717, 1.165) is 31.2 Å². The second-order valence-corrected chi connectivity index (χ2v) is 9.40. The van der Waals surface area contributed by atoms with E-state index in [4.69, 9.17) is 0 Å². The topological polar surface area (TPSA) is 127 Å². The highest BCUT2D eigenvalue weighted by Crippen LogP contribution is 2.33. The molecule has 1 amide bonds. The molecule has 0 heterocycles. The zero-order valence-corrected chi connectivity index (χ0v) is 20.7. The SMILES string of the molecule is CCCCC[C@H](O)/C=C/[C@H]1C(=O)C[C@H](O)[C@@H]1C/C=C\CCCC(=O)NCCc1ccc(O)c(O)c1. The van der Waals surface area contributed by atoms with Gasteiger partial charge < -0.3 is 25.7 Å². The molecule has 0 spiro atoms. The first-order valence-electron chi connectivity index (χ1n) is 12.8. The highest BCUT2D eigenvalue weighted by atomic mass is 16.3. The molecule has 7 nitrogen and oxygen atoms in total. The van der Waals surface area contributed by atoms with Crippen LogP contribution in [0.2, 0.25) is 0 Å². The Hall–Kier alpha value is -2.64. The largest absolute Gasteiger partial charge is 0.504 e. The van der Waals surface area contributed by atoms with Gasteiger partial charge in [0.15, 0.2) is 11.5 Å². The second kappa shape index (κ2) is 15.4. The van der Waals surface area contributed by atoms with Crippen molar-refractivity contribution in [2.75, 3.05) is 6.54 Å². The van der Waals surface area contributed by atoms with Crippen molar-refractivity contribution in [1.29, 1.82) is 0 Å². The third kappa shape index (κ3) is 10.2. The van der Waals surface area contributed by atoms with E-state index in [9.17, 15) is 30.0 Å². The van der Waals surface area contributed by atoms with Crippen molar-refractivity contribution >= 4 is 11.7 Å². The Morgan fingerprint density at radius 1 is 1.17 bits per heavy atom. The Morgan fingerprint density at radius 2 is 1.97 bits per heavy atom. The minimum absolute atomic E-state index is 0.0205. The van der Waals surface area contributed by atoms with Crippen molar-refractivity contribution in [3.8, 4) is 11.5 Å². The fraction of sp³-hybridized carbons (Fsp3) is 0.571. The zero-order chi connectivity index (χ0) is 25.6. The number of aliphatic hydroxyl groups is 2. The van der Waals surface area contributed by atoms with Gasteiger partial charge in [-0.3, -0.25) is 9.59 Å². The number of amides is 1. The third-order valence-electron chi connectivity index (χ3n) is 6.51. The van der Waals surface area contributed by atoms with Crippen molar-refractivity contribution in [2.24, 2.45) is 11.8 Å². The zero-order valence-electron chi connectivity index (χ0n) is 20.7. The average Bonchev–Trinajstić information content (AvgIpc) is 3.09. The van der Waals surface area contributed by atoms with Gasteiger partial charge in [-0.05, 0) is 49.8 Å². The summed E-state index contributed by atoms with van der Waals surface area (Å²) in [5.41, 5.74) is 0.829. The van der Waals surface area contributed by atoms with E-state index >= 15 is 0 Å². The Kier molecular flexibility index (Phi) is 12.6. The molecule has 0 unspecified atom stereocenters. The molecule has 0 aliphatic heterocycles. The third-order valence-corrected chi connectivity index (χ3v) is 6.51. The van der Waals surface area contributed by atoms with Crippen LogP contribution in [0.5, 0.6) is 11.5 Å². The quantitative estimate of drug-likeness (QED) is 0.145. The number of hydrogen-bond donors (Lipinski definition) is 5. The van der Waals surface area contributed by atoms with E-state index in [0.29, 0.717) is 38.6 Å². The first-order chi connectivity index (χ1) is 16.8. The van der Waals surface area contributed by atoms with Gasteiger partial charge in [-0.15, -0.1) is 0 Å². The smallest absolute Gasteiger partial charge is 0.220 e. The molecule has 5 N–H and O–H groups in total. The summed E-state index contributed by atoms with van der Waals surface area (Å²) in [6.07, 6.45) is 13.2. The number of ketones is 1. The van der Waals surface area contributed by atoms with Gasteiger partial charge in [0.05, 0.1) is 12.2 Å². The molecule has 7 heteroatoms.